The van der Waals surface area contributed by atoms with Crippen molar-refractivity contribution in [3.8, 4) is 5.75 Å². The van der Waals surface area contributed by atoms with Gasteiger partial charge in [-0.05, 0) is 17.5 Å². The first-order chi connectivity index (χ1) is 8.24. The van der Waals surface area contributed by atoms with Gasteiger partial charge in [-0.2, -0.15) is 0 Å². The lowest BCUT2D eigenvalue weighted by molar-refractivity contribution is 0.238. The average molecular weight is 245 g/mol. The Morgan fingerprint density at radius 1 is 1.35 bits per heavy atom. The monoisotopic (exact) mass is 245 g/mol. The molecule has 3 heteroatoms. The number of benzene rings is 1. The highest BCUT2D eigenvalue weighted by atomic mass is 32.1. The summed E-state index contributed by atoms with van der Waals surface area (Å²) in [5.41, 5.74) is 1.29. The molecule has 0 saturated carbocycles. The number of ether oxygens (including phenoxy) is 1. The lowest BCUT2D eigenvalue weighted by atomic mass is 10.1. The van der Waals surface area contributed by atoms with Gasteiger partial charge in [-0.15, -0.1) is 11.3 Å². The van der Waals surface area contributed by atoms with Crippen LogP contribution in [-0.2, 0) is 6.42 Å². The number of aromatic nitrogens is 1. The van der Waals surface area contributed by atoms with Crippen LogP contribution in [0, 0.1) is 0 Å². The van der Waals surface area contributed by atoms with Crippen molar-refractivity contribution in [2.24, 2.45) is 0 Å². The Hall–Kier alpha value is -1.35. The van der Waals surface area contributed by atoms with Crippen LogP contribution in [0.3, 0.4) is 0 Å². The van der Waals surface area contributed by atoms with Gasteiger partial charge in [-0.25, -0.2) is 4.98 Å². The Kier molecular flexibility index (Phi) is 2.63. The summed E-state index contributed by atoms with van der Waals surface area (Å²) in [6, 6.07) is 8.24. The highest BCUT2D eigenvalue weighted by molar-refractivity contribution is 7.11. The first kappa shape index (κ1) is 10.8. The highest BCUT2D eigenvalue weighted by Crippen LogP contribution is 2.38. The van der Waals surface area contributed by atoms with Crippen LogP contribution in [0.4, 0.5) is 0 Å². The summed E-state index contributed by atoms with van der Waals surface area (Å²) in [6.45, 7) is 4.39. The van der Waals surface area contributed by atoms with Crippen LogP contribution in [0.1, 0.15) is 41.3 Å². The Morgan fingerprint density at radius 3 is 2.88 bits per heavy atom. The second-order valence-electron chi connectivity index (χ2n) is 4.67. The van der Waals surface area contributed by atoms with Crippen molar-refractivity contribution in [1.82, 2.24) is 4.98 Å². The van der Waals surface area contributed by atoms with Crippen molar-refractivity contribution < 1.29 is 4.74 Å². The molecular formula is C14H15NOS. The number of fused-ring (bicyclic) bond motifs is 1. The third-order valence-corrected chi connectivity index (χ3v) is 4.42. The Bertz CT molecular complexity index is 508. The topological polar surface area (TPSA) is 22.1 Å². The number of nitrogens with zero attached hydrogens (tertiary/aromatic N) is 1. The van der Waals surface area contributed by atoms with Gasteiger partial charge in [0.15, 0.2) is 6.10 Å². The van der Waals surface area contributed by atoms with Gasteiger partial charge in [-0.1, -0.05) is 32.0 Å². The van der Waals surface area contributed by atoms with Crippen molar-refractivity contribution in [2.75, 3.05) is 0 Å². The van der Waals surface area contributed by atoms with E-state index in [9.17, 15) is 0 Å². The predicted molar refractivity (Wildman–Crippen MR) is 69.7 cm³/mol. The molecule has 1 aliphatic heterocycles. The molecule has 2 aromatic rings. The second kappa shape index (κ2) is 4.15. The summed E-state index contributed by atoms with van der Waals surface area (Å²) in [5.74, 6) is 1.56. The third-order valence-electron chi connectivity index (χ3n) is 3.03. The number of thiazole rings is 1. The fraction of sp³-hybridized carbons (Fsp3) is 0.357. The summed E-state index contributed by atoms with van der Waals surface area (Å²) in [4.78, 5) is 5.83. The van der Waals surface area contributed by atoms with Crippen molar-refractivity contribution in [1.29, 1.82) is 0 Å². The zero-order valence-corrected chi connectivity index (χ0v) is 10.8. The van der Waals surface area contributed by atoms with Crippen LogP contribution in [0.25, 0.3) is 0 Å². The molecule has 1 aromatic heterocycles. The minimum Gasteiger partial charge on any atom is -0.483 e. The molecule has 0 bridgehead atoms. The van der Waals surface area contributed by atoms with Crippen LogP contribution in [0.15, 0.2) is 30.5 Å². The third kappa shape index (κ3) is 1.95. The van der Waals surface area contributed by atoms with E-state index in [1.807, 2.05) is 18.3 Å². The van der Waals surface area contributed by atoms with Gasteiger partial charge >= 0.3 is 0 Å². The van der Waals surface area contributed by atoms with Crippen molar-refractivity contribution in [3.05, 3.63) is 45.9 Å². The van der Waals surface area contributed by atoms with E-state index in [0.717, 1.165) is 17.2 Å². The largest absolute Gasteiger partial charge is 0.483 e. The number of hydrogen-bond acceptors (Lipinski definition) is 3. The first-order valence-electron chi connectivity index (χ1n) is 5.94. The number of hydrogen-bond donors (Lipinski definition) is 0. The molecule has 0 spiro atoms. The molecule has 0 aliphatic carbocycles. The summed E-state index contributed by atoms with van der Waals surface area (Å²) in [5, 5.41) is 1.10. The number of rotatable bonds is 2. The van der Waals surface area contributed by atoms with Crippen LogP contribution in [0.5, 0.6) is 5.75 Å². The van der Waals surface area contributed by atoms with Crippen LogP contribution >= 0.6 is 11.3 Å². The van der Waals surface area contributed by atoms with E-state index in [0.29, 0.717) is 5.92 Å². The summed E-state index contributed by atoms with van der Waals surface area (Å²) < 4.78 is 5.93. The predicted octanol–water partition coefficient (Wildman–Crippen LogP) is 3.94. The Labute approximate surface area is 105 Å². The number of para-hydroxylation sites is 1. The molecule has 0 N–H and O–H groups in total. The maximum Gasteiger partial charge on any atom is 0.154 e. The Balaban J connectivity index is 1.84. The van der Waals surface area contributed by atoms with Gasteiger partial charge in [0.2, 0.25) is 0 Å². The summed E-state index contributed by atoms with van der Waals surface area (Å²) in [6.07, 6.45) is 3.04. The highest BCUT2D eigenvalue weighted by Gasteiger charge is 2.26. The smallest absolute Gasteiger partial charge is 0.154 e. The molecule has 17 heavy (non-hydrogen) atoms. The second-order valence-corrected chi connectivity index (χ2v) is 5.77. The minimum atomic E-state index is 0.116. The quantitative estimate of drug-likeness (QED) is 0.799. The normalized spacial score (nSPS) is 18.2. The van der Waals surface area contributed by atoms with E-state index >= 15 is 0 Å². The molecule has 0 radical (unpaired) electrons. The summed E-state index contributed by atoms with van der Waals surface area (Å²) in [7, 11) is 0. The van der Waals surface area contributed by atoms with Gasteiger partial charge in [-0.3, -0.25) is 0 Å². The fourth-order valence-corrected chi connectivity index (χ4v) is 2.99. The van der Waals surface area contributed by atoms with E-state index in [-0.39, 0.29) is 6.10 Å². The molecule has 88 valence electrons. The molecule has 1 aliphatic rings. The van der Waals surface area contributed by atoms with E-state index < -0.39 is 0 Å². The van der Waals surface area contributed by atoms with Crippen molar-refractivity contribution >= 4 is 11.3 Å². The average Bonchev–Trinajstić information content (AvgIpc) is 2.95. The molecule has 1 unspecified atom stereocenters. The van der Waals surface area contributed by atoms with Crippen LogP contribution < -0.4 is 4.74 Å². The van der Waals surface area contributed by atoms with Crippen molar-refractivity contribution in [3.63, 3.8) is 0 Å². The maximum atomic E-state index is 5.93. The standard InChI is InChI=1S/C14H15NOS/c1-9(2)13-8-15-14(17-13)12-7-10-5-3-4-6-11(10)16-12/h3-6,8-9,12H,7H2,1-2H3. The molecule has 0 fully saturated rings. The molecule has 0 saturated heterocycles. The van der Waals surface area contributed by atoms with Crippen LogP contribution in [0.2, 0.25) is 0 Å². The van der Waals surface area contributed by atoms with E-state index in [1.54, 1.807) is 11.3 Å². The van der Waals surface area contributed by atoms with Crippen molar-refractivity contribution in [2.45, 2.75) is 32.3 Å². The lowest BCUT2D eigenvalue weighted by Gasteiger charge is -2.06. The molecule has 3 rings (SSSR count). The van der Waals surface area contributed by atoms with Gasteiger partial charge in [0, 0.05) is 17.5 Å². The van der Waals surface area contributed by atoms with Gasteiger partial charge in [0.05, 0.1) is 0 Å². The van der Waals surface area contributed by atoms with Crippen LogP contribution in [-0.4, -0.2) is 4.98 Å². The SMILES string of the molecule is CC(C)c1cnc(C2Cc3ccccc3O2)s1. The maximum absolute atomic E-state index is 5.93. The molecule has 2 heterocycles. The lowest BCUT2D eigenvalue weighted by Crippen LogP contribution is -2.01. The van der Waals surface area contributed by atoms with E-state index in [4.69, 9.17) is 4.74 Å². The van der Waals surface area contributed by atoms with E-state index in [2.05, 4.69) is 31.0 Å². The Morgan fingerprint density at radius 2 is 2.18 bits per heavy atom. The zero-order valence-electron chi connectivity index (χ0n) is 10.0. The van der Waals surface area contributed by atoms with Gasteiger partial charge in [0.1, 0.15) is 10.8 Å². The first-order valence-corrected chi connectivity index (χ1v) is 6.76. The van der Waals surface area contributed by atoms with Gasteiger partial charge in [0.25, 0.3) is 0 Å². The van der Waals surface area contributed by atoms with Gasteiger partial charge < -0.3 is 4.74 Å². The molecule has 1 atom stereocenters. The molecule has 1 aromatic carbocycles. The molecule has 0 amide bonds. The summed E-state index contributed by atoms with van der Waals surface area (Å²) >= 11 is 1.77. The molecular weight excluding hydrogens is 230 g/mol. The molecule has 2 nitrogen and oxygen atoms in total. The zero-order chi connectivity index (χ0) is 11.8. The minimum absolute atomic E-state index is 0.116. The fourth-order valence-electron chi connectivity index (χ4n) is 2.04. The van der Waals surface area contributed by atoms with E-state index in [1.165, 1.54) is 10.4 Å².